The highest BCUT2D eigenvalue weighted by atomic mass is 16.3. The molecule has 0 spiro atoms. The summed E-state index contributed by atoms with van der Waals surface area (Å²) in [6, 6.07) is 20.3. The van der Waals surface area contributed by atoms with Crippen molar-refractivity contribution in [3.8, 4) is 34.5 Å². The largest absolute Gasteiger partial charge is 0.507 e. The number of hydrogen-bond acceptors (Lipinski definition) is 12. The first-order valence-corrected chi connectivity index (χ1v) is 15.0. The van der Waals surface area contributed by atoms with E-state index in [1.54, 1.807) is 72.8 Å². The quantitative estimate of drug-likeness (QED) is 0.0809. The van der Waals surface area contributed by atoms with Gasteiger partial charge in [-0.25, -0.2) is 0 Å². The van der Waals surface area contributed by atoms with E-state index in [2.05, 4.69) is 30.0 Å². The van der Waals surface area contributed by atoms with Crippen molar-refractivity contribution in [3.05, 3.63) is 106 Å². The Labute approximate surface area is 277 Å². The highest BCUT2D eigenvalue weighted by Crippen LogP contribution is 2.39. The van der Waals surface area contributed by atoms with Crippen molar-refractivity contribution in [3.63, 3.8) is 0 Å². The summed E-state index contributed by atoms with van der Waals surface area (Å²) < 4.78 is 0. The zero-order valence-electron chi connectivity index (χ0n) is 26.0. The first kappa shape index (κ1) is 34.6. The molecule has 0 fully saturated rings. The van der Waals surface area contributed by atoms with Gasteiger partial charge in [-0.3, -0.25) is 30.0 Å². The number of aliphatic imine (C=N–C) groups is 6. The third-order valence-corrected chi connectivity index (χ3v) is 6.77. The van der Waals surface area contributed by atoms with Crippen LogP contribution in [-0.4, -0.2) is 107 Å². The number of nitrogens with zero attached hydrogens (tertiary/aromatic N) is 6. The molecule has 246 valence electrons. The van der Waals surface area contributed by atoms with Crippen LogP contribution in [0, 0.1) is 0 Å². The Bertz CT molecular complexity index is 1630. The lowest BCUT2D eigenvalue weighted by atomic mass is 10.0. The fraction of sp³-hybridized carbons (Fsp3) is 0.167. The summed E-state index contributed by atoms with van der Waals surface area (Å²) in [6.45, 7) is 1.45. The molecule has 0 bridgehead atoms. The van der Waals surface area contributed by atoms with Gasteiger partial charge in [0.25, 0.3) is 0 Å². The number of benzene rings is 4. The molecular formula is C36H36N6O6. The Hall–Kier alpha value is -6.30. The van der Waals surface area contributed by atoms with Crippen molar-refractivity contribution in [2.24, 2.45) is 30.0 Å². The van der Waals surface area contributed by atoms with Crippen LogP contribution in [0.5, 0.6) is 34.5 Å². The minimum absolute atomic E-state index is 0.0458. The number of phenolic OH excluding ortho intramolecular Hbond substituents is 6. The average Bonchev–Trinajstić information content (AvgIpc) is 3.08. The number of hydrogen-bond donors (Lipinski definition) is 6. The molecule has 0 aliphatic carbocycles. The van der Waals surface area contributed by atoms with Crippen molar-refractivity contribution in [2.45, 2.75) is 0 Å². The summed E-state index contributed by atoms with van der Waals surface area (Å²) in [6.07, 6.45) is 8.43. The highest BCUT2D eigenvalue weighted by molar-refractivity contribution is 6.03. The van der Waals surface area contributed by atoms with E-state index in [0.29, 0.717) is 16.7 Å². The second kappa shape index (κ2) is 18.0. The first-order chi connectivity index (χ1) is 23.4. The van der Waals surface area contributed by atoms with Gasteiger partial charge in [0.2, 0.25) is 0 Å². The minimum Gasteiger partial charge on any atom is -0.507 e. The van der Waals surface area contributed by atoms with E-state index in [1.165, 1.54) is 37.3 Å². The maximum absolute atomic E-state index is 11.0. The number of aromatic hydroxyl groups is 6. The van der Waals surface area contributed by atoms with Crippen LogP contribution in [0.1, 0.15) is 33.4 Å². The van der Waals surface area contributed by atoms with Crippen LogP contribution < -0.4 is 0 Å². The van der Waals surface area contributed by atoms with Crippen molar-refractivity contribution in [1.29, 1.82) is 0 Å². The molecule has 0 saturated carbocycles. The molecule has 0 aliphatic heterocycles. The van der Waals surface area contributed by atoms with Gasteiger partial charge in [-0.15, -0.1) is 0 Å². The van der Waals surface area contributed by atoms with Crippen LogP contribution in [-0.2, 0) is 0 Å². The van der Waals surface area contributed by atoms with E-state index in [0.717, 1.165) is 0 Å². The second-order valence-corrected chi connectivity index (χ2v) is 10.2. The molecular weight excluding hydrogens is 612 g/mol. The smallest absolute Gasteiger partial charge is 0.140 e. The summed E-state index contributed by atoms with van der Waals surface area (Å²) in [5.41, 5.74) is 1.56. The predicted molar refractivity (Wildman–Crippen MR) is 191 cm³/mol. The van der Waals surface area contributed by atoms with Gasteiger partial charge in [0.15, 0.2) is 0 Å². The standard InChI is InChI=1S/C36H36N6O6/c43-31-10-4-1-7-25(31)19-37-13-16-40-22-28-34(46)29(23-41-17-14-38-20-26-8-2-5-11-32(26)44)36(48)30(35(28)47)24-42-18-15-39-21-27-9-3-6-12-33(27)45/h1-12,19-24,43-48H,13-18H2. The molecule has 0 radical (unpaired) electrons. The third-order valence-electron chi connectivity index (χ3n) is 6.77. The summed E-state index contributed by atoms with van der Waals surface area (Å²) in [7, 11) is 0. The number of phenols is 6. The summed E-state index contributed by atoms with van der Waals surface area (Å²) in [5.74, 6) is -0.975. The van der Waals surface area contributed by atoms with Gasteiger partial charge >= 0.3 is 0 Å². The van der Waals surface area contributed by atoms with Gasteiger partial charge in [-0.1, -0.05) is 36.4 Å². The van der Waals surface area contributed by atoms with E-state index in [-0.39, 0.29) is 73.2 Å². The molecule has 0 unspecified atom stereocenters. The normalized spacial score (nSPS) is 12.2. The van der Waals surface area contributed by atoms with Gasteiger partial charge in [-0.2, -0.15) is 0 Å². The van der Waals surface area contributed by atoms with Crippen LogP contribution in [0.4, 0.5) is 0 Å². The van der Waals surface area contributed by atoms with E-state index in [9.17, 15) is 30.6 Å². The molecule has 0 amide bonds. The van der Waals surface area contributed by atoms with Crippen LogP contribution in [0.15, 0.2) is 103 Å². The molecule has 4 aromatic carbocycles. The summed E-state index contributed by atoms with van der Waals surface area (Å²) >= 11 is 0. The van der Waals surface area contributed by atoms with E-state index < -0.39 is 17.2 Å². The Morgan fingerprint density at radius 3 is 0.812 bits per heavy atom. The molecule has 12 nitrogen and oxygen atoms in total. The Morgan fingerprint density at radius 2 is 0.562 bits per heavy atom. The first-order valence-electron chi connectivity index (χ1n) is 15.0. The Balaban J connectivity index is 1.49. The molecule has 6 N–H and O–H groups in total. The maximum Gasteiger partial charge on any atom is 0.140 e. The lowest BCUT2D eigenvalue weighted by Gasteiger charge is -2.12. The van der Waals surface area contributed by atoms with Crippen LogP contribution >= 0.6 is 0 Å². The maximum atomic E-state index is 11.0. The van der Waals surface area contributed by atoms with Crippen LogP contribution in [0.25, 0.3) is 0 Å². The van der Waals surface area contributed by atoms with Gasteiger partial charge in [-0.05, 0) is 36.4 Å². The van der Waals surface area contributed by atoms with E-state index in [1.807, 2.05) is 0 Å². The van der Waals surface area contributed by atoms with Gasteiger partial charge in [0.1, 0.15) is 34.5 Å². The molecule has 0 aliphatic rings. The van der Waals surface area contributed by atoms with Crippen molar-refractivity contribution >= 4 is 37.3 Å². The predicted octanol–water partition coefficient (Wildman–Crippen LogP) is 4.53. The van der Waals surface area contributed by atoms with Gasteiger partial charge in [0.05, 0.1) is 56.0 Å². The molecule has 48 heavy (non-hydrogen) atoms. The van der Waals surface area contributed by atoms with Crippen molar-refractivity contribution in [1.82, 2.24) is 0 Å². The lowest BCUT2D eigenvalue weighted by Crippen LogP contribution is -2.00. The molecule has 12 heteroatoms. The molecule has 4 rings (SSSR count). The SMILES string of the molecule is Oc1ccccc1C=NCCN=Cc1c(O)c(C=NCCN=Cc2ccccc2O)c(O)c(C=NCCN=Cc2ccccc2O)c1O. The Kier molecular flexibility index (Phi) is 13.0. The summed E-state index contributed by atoms with van der Waals surface area (Å²) in [5, 5.41) is 62.6. The zero-order valence-corrected chi connectivity index (χ0v) is 26.0. The van der Waals surface area contributed by atoms with Gasteiger partial charge in [0, 0.05) is 54.0 Å². The number of para-hydroxylation sites is 3. The summed E-state index contributed by atoms with van der Waals surface area (Å²) in [4.78, 5) is 25.6. The number of rotatable bonds is 15. The van der Waals surface area contributed by atoms with Crippen molar-refractivity contribution in [2.75, 3.05) is 39.3 Å². The minimum atomic E-state index is -0.433. The third kappa shape index (κ3) is 9.85. The highest BCUT2D eigenvalue weighted by Gasteiger charge is 2.21. The van der Waals surface area contributed by atoms with Crippen LogP contribution in [0.2, 0.25) is 0 Å². The topological polar surface area (TPSA) is 196 Å². The second-order valence-electron chi connectivity index (χ2n) is 10.2. The van der Waals surface area contributed by atoms with Gasteiger partial charge < -0.3 is 30.6 Å². The van der Waals surface area contributed by atoms with Crippen LogP contribution in [0.3, 0.4) is 0 Å². The van der Waals surface area contributed by atoms with E-state index in [4.69, 9.17) is 0 Å². The zero-order chi connectivity index (χ0) is 34.1. The monoisotopic (exact) mass is 648 g/mol. The van der Waals surface area contributed by atoms with E-state index >= 15 is 0 Å². The molecule has 0 atom stereocenters. The molecule has 0 aromatic heterocycles. The molecule has 0 saturated heterocycles. The fourth-order valence-corrected chi connectivity index (χ4v) is 4.23. The molecule has 4 aromatic rings. The average molecular weight is 649 g/mol. The Morgan fingerprint density at radius 1 is 0.333 bits per heavy atom. The van der Waals surface area contributed by atoms with Crippen molar-refractivity contribution < 1.29 is 30.6 Å². The lowest BCUT2D eigenvalue weighted by molar-refractivity contribution is 0.424. The molecule has 0 heterocycles. The fourth-order valence-electron chi connectivity index (χ4n) is 4.23.